The summed E-state index contributed by atoms with van der Waals surface area (Å²) in [5, 5.41) is 12.4. The first-order chi connectivity index (χ1) is 10.3. The van der Waals surface area contributed by atoms with Gasteiger partial charge in [-0.2, -0.15) is 0 Å². The minimum atomic E-state index is -0.163. The molecule has 2 aromatic heterocycles. The normalized spacial score (nSPS) is 10.9. The third-order valence-electron chi connectivity index (χ3n) is 3.02. The molecule has 0 aliphatic heterocycles. The van der Waals surface area contributed by atoms with Gasteiger partial charge in [-0.05, 0) is 24.6 Å². The minimum absolute atomic E-state index is 0.163. The molecule has 0 unspecified atom stereocenters. The molecule has 0 aliphatic carbocycles. The topological polar surface area (TPSA) is 67.8 Å². The van der Waals surface area contributed by atoms with Crippen LogP contribution in [0.4, 0.5) is 5.13 Å². The van der Waals surface area contributed by atoms with E-state index in [1.54, 1.807) is 11.6 Å². The molecule has 3 rings (SSSR count). The number of rotatable bonds is 5. The fourth-order valence-corrected chi connectivity index (χ4v) is 3.39. The van der Waals surface area contributed by atoms with Crippen molar-refractivity contribution in [3.8, 4) is 0 Å². The lowest BCUT2D eigenvalue weighted by Crippen LogP contribution is -2.11. The standard InChI is InChI=1S/C14H14N4OS2/c1-2-3-4-12-17-18-14(21-12)16-13(19)9-5-6-10-11(7-9)20-8-15-10/h5-8H,2-4H2,1H3,(H,16,18,19). The first-order valence-electron chi connectivity index (χ1n) is 6.73. The Bertz CT molecular complexity index is 765. The van der Waals surface area contributed by atoms with Crippen LogP contribution in [-0.2, 0) is 6.42 Å². The van der Waals surface area contributed by atoms with Gasteiger partial charge in [-0.1, -0.05) is 24.7 Å². The Morgan fingerprint density at radius 3 is 3.10 bits per heavy atom. The predicted octanol–water partition coefficient (Wildman–Crippen LogP) is 3.74. The molecule has 1 aromatic carbocycles. The molecular weight excluding hydrogens is 304 g/mol. The molecule has 0 saturated heterocycles. The second-order valence-electron chi connectivity index (χ2n) is 4.59. The van der Waals surface area contributed by atoms with Crippen molar-refractivity contribution in [2.75, 3.05) is 5.32 Å². The monoisotopic (exact) mass is 318 g/mol. The third-order valence-corrected chi connectivity index (χ3v) is 4.72. The van der Waals surface area contributed by atoms with Crippen molar-refractivity contribution >= 4 is 43.9 Å². The fourth-order valence-electron chi connectivity index (χ4n) is 1.90. The Kier molecular flexibility index (Phi) is 4.21. The van der Waals surface area contributed by atoms with E-state index in [-0.39, 0.29) is 5.91 Å². The van der Waals surface area contributed by atoms with E-state index in [1.165, 1.54) is 22.7 Å². The van der Waals surface area contributed by atoms with Crippen LogP contribution < -0.4 is 5.32 Å². The lowest BCUT2D eigenvalue weighted by molar-refractivity contribution is 0.102. The molecule has 2 heterocycles. The van der Waals surface area contributed by atoms with E-state index < -0.39 is 0 Å². The lowest BCUT2D eigenvalue weighted by Gasteiger charge is -2.00. The van der Waals surface area contributed by atoms with Crippen molar-refractivity contribution in [1.82, 2.24) is 15.2 Å². The molecule has 0 spiro atoms. The summed E-state index contributed by atoms with van der Waals surface area (Å²) in [6.07, 6.45) is 3.12. The van der Waals surface area contributed by atoms with Crippen molar-refractivity contribution in [3.63, 3.8) is 0 Å². The van der Waals surface area contributed by atoms with E-state index in [2.05, 4.69) is 27.4 Å². The lowest BCUT2D eigenvalue weighted by atomic mass is 10.2. The highest BCUT2D eigenvalue weighted by Crippen LogP contribution is 2.21. The summed E-state index contributed by atoms with van der Waals surface area (Å²) in [5.41, 5.74) is 3.29. The minimum Gasteiger partial charge on any atom is -0.296 e. The zero-order chi connectivity index (χ0) is 14.7. The second-order valence-corrected chi connectivity index (χ2v) is 6.54. The van der Waals surface area contributed by atoms with Crippen molar-refractivity contribution in [2.24, 2.45) is 0 Å². The van der Waals surface area contributed by atoms with Crippen LogP contribution in [0.1, 0.15) is 35.1 Å². The van der Waals surface area contributed by atoms with Gasteiger partial charge in [0, 0.05) is 12.0 Å². The highest BCUT2D eigenvalue weighted by Gasteiger charge is 2.11. The highest BCUT2D eigenvalue weighted by molar-refractivity contribution is 7.16. The summed E-state index contributed by atoms with van der Waals surface area (Å²) in [5.74, 6) is -0.163. The van der Waals surface area contributed by atoms with Crippen molar-refractivity contribution in [2.45, 2.75) is 26.2 Å². The van der Waals surface area contributed by atoms with E-state index in [0.717, 1.165) is 34.5 Å². The molecular formula is C14H14N4OS2. The van der Waals surface area contributed by atoms with Crippen LogP contribution in [0, 0.1) is 0 Å². The van der Waals surface area contributed by atoms with Gasteiger partial charge < -0.3 is 0 Å². The van der Waals surface area contributed by atoms with Gasteiger partial charge in [-0.3, -0.25) is 10.1 Å². The number of hydrogen-bond donors (Lipinski definition) is 1. The Morgan fingerprint density at radius 1 is 1.33 bits per heavy atom. The molecule has 21 heavy (non-hydrogen) atoms. The average molecular weight is 318 g/mol. The van der Waals surface area contributed by atoms with Crippen LogP contribution in [-0.4, -0.2) is 21.1 Å². The number of anilines is 1. The first-order valence-corrected chi connectivity index (χ1v) is 8.43. The molecule has 1 amide bonds. The number of hydrogen-bond acceptors (Lipinski definition) is 6. The van der Waals surface area contributed by atoms with Crippen LogP contribution in [0.5, 0.6) is 0 Å². The number of nitrogens with zero attached hydrogens (tertiary/aromatic N) is 3. The molecule has 3 aromatic rings. The van der Waals surface area contributed by atoms with E-state index >= 15 is 0 Å². The van der Waals surface area contributed by atoms with Gasteiger partial charge >= 0.3 is 0 Å². The molecule has 0 saturated carbocycles. The number of carbonyl (C=O) groups is 1. The molecule has 1 N–H and O–H groups in total. The van der Waals surface area contributed by atoms with Gasteiger partial charge in [-0.25, -0.2) is 4.98 Å². The van der Waals surface area contributed by atoms with Gasteiger partial charge in [0.1, 0.15) is 5.01 Å². The summed E-state index contributed by atoms with van der Waals surface area (Å²) in [7, 11) is 0. The predicted molar refractivity (Wildman–Crippen MR) is 86.1 cm³/mol. The maximum Gasteiger partial charge on any atom is 0.257 e. The smallest absolute Gasteiger partial charge is 0.257 e. The zero-order valence-electron chi connectivity index (χ0n) is 11.5. The van der Waals surface area contributed by atoms with Crippen LogP contribution in [0.3, 0.4) is 0 Å². The van der Waals surface area contributed by atoms with Gasteiger partial charge in [-0.15, -0.1) is 21.5 Å². The summed E-state index contributed by atoms with van der Waals surface area (Å²) in [6.45, 7) is 2.14. The number of thiazole rings is 1. The van der Waals surface area contributed by atoms with E-state index in [1.807, 2.05) is 12.1 Å². The van der Waals surface area contributed by atoms with Gasteiger partial charge in [0.05, 0.1) is 15.7 Å². The maximum absolute atomic E-state index is 12.2. The summed E-state index contributed by atoms with van der Waals surface area (Å²) < 4.78 is 1.00. The third kappa shape index (κ3) is 3.25. The van der Waals surface area contributed by atoms with Gasteiger partial charge in [0.25, 0.3) is 5.91 Å². The first kappa shape index (κ1) is 14.1. The Morgan fingerprint density at radius 2 is 2.24 bits per heavy atom. The van der Waals surface area contributed by atoms with Crippen LogP contribution in [0.15, 0.2) is 23.7 Å². The summed E-state index contributed by atoms with van der Waals surface area (Å²) >= 11 is 2.96. The number of carbonyl (C=O) groups excluding carboxylic acids is 1. The SMILES string of the molecule is CCCCc1nnc(NC(=O)c2ccc3ncsc3c2)s1. The summed E-state index contributed by atoms with van der Waals surface area (Å²) in [4.78, 5) is 16.4. The van der Waals surface area contributed by atoms with E-state index in [9.17, 15) is 4.79 Å². The van der Waals surface area contributed by atoms with Crippen LogP contribution in [0.2, 0.25) is 0 Å². The molecule has 0 atom stereocenters. The number of aryl methyl sites for hydroxylation is 1. The molecule has 0 fully saturated rings. The quantitative estimate of drug-likeness (QED) is 0.778. The van der Waals surface area contributed by atoms with Gasteiger partial charge in [0.15, 0.2) is 0 Å². The summed E-state index contributed by atoms with van der Waals surface area (Å²) in [6, 6.07) is 5.48. The molecule has 108 valence electrons. The van der Waals surface area contributed by atoms with Crippen molar-refractivity contribution in [3.05, 3.63) is 34.3 Å². The van der Waals surface area contributed by atoms with Crippen LogP contribution >= 0.6 is 22.7 Å². The molecule has 5 nitrogen and oxygen atoms in total. The average Bonchev–Trinajstić information content (AvgIpc) is 3.12. The van der Waals surface area contributed by atoms with Gasteiger partial charge in [0.2, 0.25) is 5.13 Å². The maximum atomic E-state index is 12.2. The molecule has 0 aliphatic rings. The van der Waals surface area contributed by atoms with Crippen molar-refractivity contribution in [1.29, 1.82) is 0 Å². The fraction of sp³-hybridized carbons (Fsp3) is 0.286. The Balaban J connectivity index is 1.71. The molecule has 0 bridgehead atoms. The number of nitrogens with one attached hydrogen (secondary N) is 1. The Labute approximate surface area is 130 Å². The number of benzene rings is 1. The zero-order valence-corrected chi connectivity index (χ0v) is 13.1. The number of aromatic nitrogens is 3. The molecule has 7 heteroatoms. The number of fused-ring (bicyclic) bond motifs is 1. The van der Waals surface area contributed by atoms with E-state index in [4.69, 9.17) is 0 Å². The number of amides is 1. The number of unbranched alkanes of at least 4 members (excludes halogenated alkanes) is 1. The van der Waals surface area contributed by atoms with Crippen LogP contribution in [0.25, 0.3) is 10.2 Å². The van der Waals surface area contributed by atoms with E-state index in [0.29, 0.717) is 10.7 Å². The van der Waals surface area contributed by atoms with Crippen molar-refractivity contribution < 1.29 is 4.79 Å². The Hall–Kier alpha value is -1.86. The largest absolute Gasteiger partial charge is 0.296 e. The molecule has 0 radical (unpaired) electrons. The second kappa shape index (κ2) is 6.28. The highest BCUT2D eigenvalue weighted by atomic mass is 32.1.